The molecule has 8 heteroatoms. The van der Waals surface area contributed by atoms with E-state index in [1.54, 1.807) is 30.3 Å². The summed E-state index contributed by atoms with van der Waals surface area (Å²) in [6.45, 7) is 0. The van der Waals surface area contributed by atoms with Crippen LogP contribution in [0.1, 0.15) is 15.9 Å². The summed E-state index contributed by atoms with van der Waals surface area (Å²) in [7, 11) is -3.92. The Balaban J connectivity index is 2.17. The van der Waals surface area contributed by atoms with Crippen LogP contribution >= 0.6 is 0 Å². The van der Waals surface area contributed by atoms with E-state index in [0.717, 1.165) is 5.56 Å². The zero-order chi connectivity index (χ0) is 17.0. The summed E-state index contributed by atoms with van der Waals surface area (Å²) >= 11 is 0. The minimum atomic E-state index is -3.92. The van der Waals surface area contributed by atoms with Crippen LogP contribution in [0.15, 0.2) is 42.5 Å². The molecule has 0 saturated carbocycles. The molecule has 0 aliphatic rings. The first kappa shape index (κ1) is 16.9. The van der Waals surface area contributed by atoms with Gasteiger partial charge in [-0.15, -0.1) is 0 Å². The number of benzene rings is 2. The second kappa shape index (κ2) is 6.74. The normalized spacial score (nSPS) is 11.2. The molecule has 0 saturated heterocycles. The van der Waals surface area contributed by atoms with Gasteiger partial charge in [-0.25, -0.2) is 22.0 Å². The Morgan fingerprint density at radius 2 is 1.74 bits per heavy atom. The maximum absolute atomic E-state index is 13.6. The van der Waals surface area contributed by atoms with Gasteiger partial charge in [-0.05, 0) is 18.1 Å². The number of nitrogens with one attached hydrogen (secondary N) is 1. The Morgan fingerprint density at radius 3 is 2.35 bits per heavy atom. The maximum atomic E-state index is 13.6. The predicted molar refractivity (Wildman–Crippen MR) is 80.9 cm³/mol. The van der Waals surface area contributed by atoms with E-state index < -0.39 is 38.9 Å². The molecule has 0 heterocycles. The van der Waals surface area contributed by atoms with Gasteiger partial charge in [0.1, 0.15) is 11.6 Å². The fourth-order valence-corrected chi connectivity index (χ4v) is 3.00. The lowest BCUT2D eigenvalue weighted by Gasteiger charge is -2.10. The third kappa shape index (κ3) is 4.49. The Hall–Kier alpha value is -2.48. The number of carboxylic acid groups (broad SMARTS) is 1. The van der Waals surface area contributed by atoms with E-state index in [1.807, 2.05) is 4.72 Å². The topological polar surface area (TPSA) is 83.5 Å². The molecule has 0 unspecified atom stereocenters. The molecule has 0 aliphatic heterocycles. The highest BCUT2D eigenvalue weighted by Crippen LogP contribution is 2.21. The van der Waals surface area contributed by atoms with Crippen LogP contribution in [-0.2, 0) is 16.4 Å². The zero-order valence-corrected chi connectivity index (χ0v) is 12.6. The number of hydrogen-bond acceptors (Lipinski definition) is 3. The lowest BCUT2D eigenvalue weighted by Crippen LogP contribution is -2.19. The van der Waals surface area contributed by atoms with E-state index >= 15 is 0 Å². The van der Waals surface area contributed by atoms with Gasteiger partial charge < -0.3 is 5.11 Å². The molecule has 5 nitrogen and oxygen atoms in total. The highest BCUT2D eigenvalue weighted by Gasteiger charge is 2.19. The van der Waals surface area contributed by atoms with Gasteiger partial charge in [0.2, 0.25) is 10.0 Å². The molecule has 0 radical (unpaired) electrons. The number of carbonyl (C=O) groups is 1. The molecular formula is C15H13F2NO4S. The Bertz CT molecular complexity index is 823. The van der Waals surface area contributed by atoms with Gasteiger partial charge in [-0.1, -0.05) is 30.3 Å². The van der Waals surface area contributed by atoms with E-state index in [1.165, 1.54) is 0 Å². The van der Waals surface area contributed by atoms with Crippen molar-refractivity contribution in [1.29, 1.82) is 0 Å². The van der Waals surface area contributed by atoms with Gasteiger partial charge in [0, 0.05) is 6.07 Å². The minimum absolute atomic E-state index is 0.199. The Kier molecular flexibility index (Phi) is 4.95. The molecule has 0 atom stereocenters. The number of hydrogen-bond donors (Lipinski definition) is 2. The number of carboxylic acids is 1. The first-order valence-electron chi connectivity index (χ1n) is 6.55. The molecule has 0 aromatic heterocycles. The molecule has 2 rings (SSSR count). The summed E-state index contributed by atoms with van der Waals surface area (Å²) < 4.78 is 52.8. The van der Waals surface area contributed by atoms with Crippen molar-refractivity contribution in [3.05, 3.63) is 65.2 Å². The van der Waals surface area contributed by atoms with Gasteiger partial charge in [0.15, 0.2) is 0 Å². The average Bonchev–Trinajstić information content (AvgIpc) is 2.49. The maximum Gasteiger partial charge on any atom is 0.338 e. The van der Waals surface area contributed by atoms with Crippen LogP contribution in [0.25, 0.3) is 0 Å². The summed E-state index contributed by atoms with van der Waals surface area (Å²) in [6, 6.07) is 9.75. The van der Waals surface area contributed by atoms with Crippen LogP contribution in [0.4, 0.5) is 14.5 Å². The smallest absolute Gasteiger partial charge is 0.338 e. The summed E-state index contributed by atoms with van der Waals surface area (Å²) in [6.07, 6.45) is 0.199. The molecule has 0 aliphatic carbocycles. The first-order valence-corrected chi connectivity index (χ1v) is 8.20. The number of rotatable bonds is 6. The first-order chi connectivity index (χ1) is 10.8. The molecule has 2 aromatic rings. The van der Waals surface area contributed by atoms with Gasteiger partial charge >= 0.3 is 5.97 Å². The Morgan fingerprint density at radius 1 is 1.09 bits per heavy atom. The zero-order valence-electron chi connectivity index (χ0n) is 11.8. The van der Waals surface area contributed by atoms with Crippen LogP contribution in [0.2, 0.25) is 0 Å². The fraction of sp³-hybridized carbons (Fsp3) is 0.133. The minimum Gasteiger partial charge on any atom is -0.478 e. The van der Waals surface area contributed by atoms with Crippen molar-refractivity contribution in [3.8, 4) is 0 Å². The van der Waals surface area contributed by atoms with E-state index in [0.29, 0.717) is 12.1 Å². The SMILES string of the molecule is O=C(O)c1cc(NS(=O)(=O)CCc2ccccc2)c(F)cc1F. The van der Waals surface area contributed by atoms with Crippen molar-refractivity contribution < 1.29 is 27.1 Å². The second-order valence-corrected chi connectivity index (χ2v) is 6.62. The molecule has 0 fully saturated rings. The van der Waals surface area contributed by atoms with Crippen molar-refractivity contribution in [3.63, 3.8) is 0 Å². The highest BCUT2D eigenvalue weighted by atomic mass is 32.2. The van der Waals surface area contributed by atoms with Crippen molar-refractivity contribution in [2.24, 2.45) is 0 Å². The Labute approximate surface area is 131 Å². The largest absolute Gasteiger partial charge is 0.478 e. The van der Waals surface area contributed by atoms with Crippen LogP contribution < -0.4 is 4.72 Å². The summed E-state index contributed by atoms with van der Waals surface area (Å²) in [4.78, 5) is 10.8. The van der Waals surface area contributed by atoms with Gasteiger partial charge in [-0.2, -0.15) is 0 Å². The second-order valence-electron chi connectivity index (χ2n) is 4.77. The average molecular weight is 341 g/mol. The number of aromatic carboxylic acids is 1. The van der Waals surface area contributed by atoms with Crippen molar-refractivity contribution in [2.75, 3.05) is 10.5 Å². The van der Waals surface area contributed by atoms with E-state index in [4.69, 9.17) is 5.11 Å². The van der Waals surface area contributed by atoms with Gasteiger partial charge in [0.05, 0.1) is 17.0 Å². The lowest BCUT2D eigenvalue weighted by molar-refractivity contribution is 0.0692. The molecule has 122 valence electrons. The molecule has 23 heavy (non-hydrogen) atoms. The standard InChI is InChI=1S/C15H13F2NO4S/c16-12-9-13(17)14(8-11(12)15(19)20)18-23(21,22)7-6-10-4-2-1-3-5-10/h1-5,8-9,18H,6-7H2,(H,19,20). The molecule has 0 bridgehead atoms. The molecule has 2 N–H and O–H groups in total. The third-order valence-electron chi connectivity index (χ3n) is 3.05. The molecule has 0 spiro atoms. The summed E-state index contributed by atoms with van der Waals surface area (Å²) in [5.41, 5.74) is -0.632. The summed E-state index contributed by atoms with van der Waals surface area (Å²) in [5, 5.41) is 8.79. The van der Waals surface area contributed by atoms with Crippen LogP contribution in [-0.4, -0.2) is 25.2 Å². The quantitative estimate of drug-likeness (QED) is 0.846. The number of anilines is 1. The van der Waals surface area contributed by atoms with Crippen molar-refractivity contribution in [2.45, 2.75) is 6.42 Å². The van der Waals surface area contributed by atoms with Crippen LogP contribution in [0, 0.1) is 11.6 Å². The molecule has 2 aromatic carbocycles. The highest BCUT2D eigenvalue weighted by molar-refractivity contribution is 7.92. The molecule has 0 amide bonds. The van der Waals surface area contributed by atoms with Crippen LogP contribution in [0.5, 0.6) is 0 Å². The van der Waals surface area contributed by atoms with Gasteiger partial charge in [0.25, 0.3) is 0 Å². The lowest BCUT2D eigenvalue weighted by atomic mass is 10.2. The van der Waals surface area contributed by atoms with E-state index in [9.17, 15) is 22.0 Å². The van der Waals surface area contributed by atoms with E-state index in [2.05, 4.69) is 0 Å². The fourth-order valence-electron chi connectivity index (χ4n) is 1.91. The van der Waals surface area contributed by atoms with Crippen molar-refractivity contribution >= 4 is 21.7 Å². The van der Waals surface area contributed by atoms with Crippen LogP contribution in [0.3, 0.4) is 0 Å². The van der Waals surface area contributed by atoms with E-state index in [-0.39, 0.29) is 12.2 Å². The number of halogens is 2. The third-order valence-corrected chi connectivity index (χ3v) is 4.33. The summed E-state index contributed by atoms with van der Waals surface area (Å²) in [5.74, 6) is -4.40. The predicted octanol–water partition coefficient (Wildman–Crippen LogP) is 2.65. The van der Waals surface area contributed by atoms with Crippen molar-refractivity contribution in [1.82, 2.24) is 0 Å². The number of sulfonamides is 1. The monoisotopic (exact) mass is 341 g/mol. The number of aryl methyl sites for hydroxylation is 1. The van der Waals surface area contributed by atoms with Gasteiger partial charge in [-0.3, -0.25) is 4.72 Å². The molecular weight excluding hydrogens is 328 g/mol.